The van der Waals surface area contributed by atoms with Crippen LogP contribution in [0.1, 0.15) is 28.5 Å². The lowest BCUT2D eigenvalue weighted by Crippen LogP contribution is -2.50. The molecule has 5 rings (SSSR count). The first-order chi connectivity index (χ1) is 17.5. The minimum Gasteiger partial charge on any atom is -0.368 e. The lowest BCUT2D eigenvalue weighted by atomic mass is 10.0. The van der Waals surface area contributed by atoms with Gasteiger partial charge in [0.1, 0.15) is 5.82 Å². The molecule has 36 heavy (non-hydrogen) atoms. The molecule has 1 aliphatic rings. The van der Waals surface area contributed by atoms with Crippen LogP contribution < -0.4 is 10.2 Å². The fourth-order valence-electron chi connectivity index (χ4n) is 5.01. The van der Waals surface area contributed by atoms with Gasteiger partial charge in [-0.3, -0.25) is 14.7 Å². The van der Waals surface area contributed by atoms with Crippen molar-refractivity contribution in [3.63, 3.8) is 0 Å². The van der Waals surface area contributed by atoms with Gasteiger partial charge in [0.15, 0.2) is 0 Å². The third-order valence-corrected chi connectivity index (χ3v) is 6.96. The monoisotopic (exact) mass is 482 g/mol. The Kier molecular flexibility index (Phi) is 6.96. The SMILES string of the molecule is Cc1ccc2c(N3CCN(C(C)Cc4cccc(NC(=O)c5ccccc5F)c4)CC3)cccc2n1. The van der Waals surface area contributed by atoms with Crippen LogP contribution in [0.25, 0.3) is 10.9 Å². The van der Waals surface area contributed by atoms with E-state index in [9.17, 15) is 9.18 Å². The van der Waals surface area contributed by atoms with Crippen LogP contribution in [0.4, 0.5) is 15.8 Å². The van der Waals surface area contributed by atoms with E-state index in [0.29, 0.717) is 11.7 Å². The summed E-state index contributed by atoms with van der Waals surface area (Å²) >= 11 is 0. The predicted molar refractivity (Wildman–Crippen MR) is 144 cm³/mol. The Morgan fingerprint density at radius 1 is 0.972 bits per heavy atom. The molecule has 1 amide bonds. The number of hydrogen-bond acceptors (Lipinski definition) is 4. The van der Waals surface area contributed by atoms with E-state index in [1.54, 1.807) is 12.1 Å². The van der Waals surface area contributed by atoms with Crippen molar-refractivity contribution >= 4 is 28.2 Å². The first-order valence-corrected chi connectivity index (χ1v) is 12.5. The van der Waals surface area contributed by atoms with Crippen molar-refractivity contribution in [1.82, 2.24) is 9.88 Å². The number of nitrogens with one attached hydrogen (secondary N) is 1. The number of aromatic nitrogens is 1. The van der Waals surface area contributed by atoms with Crippen LogP contribution in [0, 0.1) is 12.7 Å². The van der Waals surface area contributed by atoms with E-state index in [1.165, 1.54) is 23.2 Å². The molecule has 184 valence electrons. The minimum atomic E-state index is -0.520. The van der Waals surface area contributed by atoms with Crippen LogP contribution in [-0.4, -0.2) is 48.0 Å². The minimum absolute atomic E-state index is 0.0475. The molecule has 0 bridgehead atoms. The number of anilines is 2. The van der Waals surface area contributed by atoms with Crippen molar-refractivity contribution in [2.75, 3.05) is 36.4 Å². The second kappa shape index (κ2) is 10.5. The Balaban J connectivity index is 1.20. The highest BCUT2D eigenvalue weighted by Gasteiger charge is 2.23. The van der Waals surface area contributed by atoms with Gasteiger partial charge in [0, 0.05) is 54.7 Å². The van der Waals surface area contributed by atoms with E-state index in [2.05, 4.69) is 63.4 Å². The summed E-state index contributed by atoms with van der Waals surface area (Å²) < 4.78 is 14.0. The normalized spacial score (nSPS) is 15.1. The average molecular weight is 483 g/mol. The summed E-state index contributed by atoms with van der Waals surface area (Å²) in [6, 6.07) is 24.9. The Morgan fingerprint density at radius 2 is 1.75 bits per heavy atom. The molecule has 1 atom stereocenters. The maximum atomic E-state index is 14.0. The van der Waals surface area contributed by atoms with Crippen molar-refractivity contribution in [3.05, 3.63) is 102 Å². The van der Waals surface area contributed by atoms with Crippen LogP contribution >= 0.6 is 0 Å². The zero-order chi connectivity index (χ0) is 25.1. The molecule has 1 unspecified atom stereocenters. The predicted octanol–water partition coefficient (Wildman–Crippen LogP) is 5.69. The highest BCUT2D eigenvalue weighted by atomic mass is 19.1. The Morgan fingerprint density at radius 3 is 2.56 bits per heavy atom. The second-order valence-electron chi connectivity index (χ2n) is 9.51. The van der Waals surface area contributed by atoms with Gasteiger partial charge in [-0.15, -0.1) is 0 Å². The number of carbonyl (C=O) groups is 1. The van der Waals surface area contributed by atoms with Crippen LogP contribution in [0.5, 0.6) is 0 Å². The van der Waals surface area contributed by atoms with Gasteiger partial charge < -0.3 is 10.2 Å². The highest BCUT2D eigenvalue weighted by molar-refractivity contribution is 6.04. The van der Waals surface area contributed by atoms with Gasteiger partial charge in [-0.1, -0.05) is 30.3 Å². The number of piperazine rings is 1. The number of benzene rings is 3. The Labute approximate surface area is 211 Å². The molecule has 1 aromatic heterocycles. The van der Waals surface area contributed by atoms with E-state index < -0.39 is 11.7 Å². The second-order valence-corrected chi connectivity index (χ2v) is 9.51. The maximum absolute atomic E-state index is 14.0. The van der Waals surface area contributed by atoms with Crippen molar-refractivity contribution < 1.29 is 9.18 Å². The smallest absolute Gasteiger partial charge is 0.258 e. The third kappa shape index (κ3) is 5.24. The summed E-state index contributed by atoms with van der Waals surface area (Å²) in [4.78, 5) is 22.2. The maximum Gasteiger partial charge on any atom is 0.258 e. The van der Waals surface area contributed by atoms with Gasteiger partial charge in [0.25, 0.3) is 5.91 Å². The van der Waals surface area contributed by atoms with Crippen LogP contribution in [0.15, 0.2) is 78.9 Å². The third-order valence-electron chi connectivity index (χ3n) is 6.96. The molecule has 3 aromatic carbocycles. The average Bonchev–Trinajstić information content (AvgIpc) is 2.88. The summed E-state index contributed by atoms with van der Waals surface area (Å²) in [6.07, 6.45) is 0.876. The highest BCUT2D eigenvalue weighted by Crippen LogP contribution is 2.27. The largest absolute Gasteiger partial charge is 0.368 e. The lowest BCUT2D eigenvalue weighted by molar-refractivity contribution is 0.102. The molecule has 1 N–H and O–H groups in total. The van der Waals surface area contributed by atoms with Crippen LogP contribution in [0.2, 0.25) is 0 Å². The molecule has 0 radical (unpaired) electrons. The number of pyridine rings is 1. The van der Waals surface area contributed by atoms with Gasteiger partial charge in [0.2, 0.25) is 0 Å². The fourth-order valence-corrected chi connectivity index (χ4v) is 5.01. The Bertz CT molecular complexity index is 1380. The van der Waals surface area contributed by atoms with E-state index in [1.807, 2.05) is 25.1 Å². The lowest BCUT2D eigenvalue weighted by Gasteiger charge is -2.39. The van der Waals surface area contributed by atoms with E-state index >= 15 is 0 Å². The first-order valence-electron chi connectivity index (χ1n) is 12.5. The molecule has 1 saturated heterocycles. The molecular weight excluding hydrogens is 451 g/mol. The van der Waals surface area contributed by atoms with Crippen LogP contribution in [-0.2, 0) is 6.42 Å². The molecule has 5 nitrogen and oxygen atoms in total. The molecule has 1 aliphatic heterocycles. The number of aryl methyl sites for hydroxylation is 1. The topological polar surface area (TPSA) is 48.5 Å². The number of halogens is 1. The number of nitrogens with zero attached hydrogens (tertiary/aromatic N) is 3. The van der Waals surface area contributed by atoms with Gasteiger partial charge in [0.05, 0.1) is 11.1 Å². The van der Waals surface area contributed by atoms with Gasteiger partial charge in [-0.2, -0.15) is 0 Å². The van der Waals surface area contributed by atoms with Crippen molar-refractivity contribution in [2.45, 2.75) is 26.3 Å². The van der Waals surface area contributed by atoms with Crippen LogP contribution in [0.3, 0.4) is 0 Å². The standard InChI is InChI=1S/C30H31FN4O/c1-21-13-14-26-28(32-21)11-6-12-29(26)35-17-15-34(16-18-35)22(2)19-23-7-5-8-24(20-23)33-30(36)25-9-3-4-10-27(25)31/h3-14,20,22H,15-19H2,1-2H3,(H,33,36). The summed E-state index contributed by atoms with van der Waals surface area (Å²) in [7, 11) is 0. The number of rotatable bonds is 6. The van der Waals surface area contributed by atoms with Gasteiger partial charge in [-0.25, -0.2) is 4.39 Å². The first kappa shape index (κ1) is 23.9. The fraction of sp³-hybridized carbons (Fsp3) is 0.267. The van der Waals surface area contributed by atoms with Crippen molar-refractivity contribution in [2.24, 2.45) is 0 Å². The van der Waals surface area contributed by atoms with E-state index in [0.717, 1.165) is 49.4 Å². The quantitative estimate of drug-likeness (QED) is 0.384. The van der Waals surface area contributed by atoms with E-state index in [-0.39, 0.29) is 5.56 Å². The van der Waals surface area contributed by atoms with E-state index in [4.69, 9.17) is 0 Å². The van der Waals surface area contributed by atoms with Crippen molar-refractivity contribution in [3.8, 4) is 0 Å². The molecular formula is C30H31FN4O. The molecule has 6 heteroatoms. The zero-order valence-corrected chi connectivity index (χ0v) is 20.7. The molecule has 2 heterocycles. The van der Waals surface area contributed by atoms with Gasteiger partial charge in [-0.05, 0) is 74.4 Å². The summed E-state index contributed by atoms with van der Waals surface area (Å²) in [5.41, 5.74) is 5.21. The van der Waals surface area contributed by atoms with Gasteiger partial charge >= 0.3 is 0 Å². The molecule has 1 fully saturated rings. The van der Waals surface area contributed by atoms with Crippen molar-refractivity contribution in [1.29, 1.82) is 0 Å². The summed E-state index contributed by atoms with van der Waals surface area (Å²) in [5.74, 6) is -0.956. The molecule has 4 aromatic rings. The number of amides is 1. The summed E-state index contributed by atoms with van der Waals surface area (Å²) in [6.45, 7) is 8.19. The number of carbonyl (C=O) groups excluding carboxylic acids is 1. The number of fused-ring (bicyclic) bond motifs is 1. The zero-order valence-electron chi connectivity index (χ0n) is 20.7. The number of hydrogen-bond donors (Lipinski definition) is 1. The molecule has 0 spiro atoms. The Hall–Kier alpha value is -3.77. The molecule has 0 aliphatic carbocycles. The molecule has 0 saturated carbocycles. The summed E-state index contributed by atoms with van der Waals surface area (Å²) in [5, 5.41) is 4.04.